The first-order valence-electron chi connectivity index (χ1n) is 11.0. The molecule has 1 aromatic heterocycles. The van der Waals surface area contributed by atoms with E-state index in [9.17, 15) is 18.0 Å². The van der Waals surface area contributed by atoms with E-state index in [1.165, 1.54) is 6.20 Å². The number of alkyl halides is 3. The Labute approximate surface area is 196 Å². The van der Waals surface area contributed by atoms with Crippen LogP contribution in [0.2, 0.25) is 5.02 Å². The van der Waals surface area contributed by atoms with Crippen molar-refractivity contribution in [1.29, 1.82) is 0 Å². The third-order valence-corrected chi connectivity index (χ3v) is 6.20. The molecular weight excluding hydrogens is 455 g/mol. The minimum atomic E-state index is -4.50. The number of halogens is 4. The molecule has 178 valence electrons. The van der Waals surface area contributed by atoms with Gasteiger partial charge in [-0.1, -0.05) is 11.6 Å². The van der Waals surface area contributed by atoms with Crippen LogP contribution in [0.25, 0.3) is 0 Å². The van der Waals surface area contributed by atoms with Gasteiger partial charge >= 0.3 is 12.3 Å². The highest BCUT2D eigenvalue weighted by atomic mass is 35.5. The van der Waals surface area contributed by atoms with Gasteiger partial charge in [-0.25, -0.2) is 4.79 Å². The first-order valence-corrected chi connectivity index (χ1v) is 11.4. The van der Waals surface area contributed by atoms with Crippen LogP contribution in [-0.2, 0) is 23.9 Å². The van der Waals surface area contributed by atoms with E-state index in [-0.39, 0.29) is 12.1 Å². The number of carbonyl (C=O) groups is 1. The van der Waals surface area contributed by atoms with Crippen molar-refractivity contribution >= 4 is 23.4 Å². The highest BCUT2D eigenvalue weighted by Crippen LogP contribution is 2.40. The Morgan fingerprint density at radius 1 is 1.18 bits per heavy atom. The third kappa shape index (κ3) is 5.21. The molecule has 0 aliphatic carbocycles. The quantitative estimate of drug-likeness (QED) is 0.498. The predicted molar refractivity (Wildman–Crippen MR) is 120 cm³/mol. The minimum absolute atomic E-state index is 0.185. The van der Waals surface area contributed by atoms with E-state index in [2.05, 4.69) is 4.98 Å². The number of benzene rings is 1. The number of hydrogen-bond donors (Lipinski definition) is 0. The minimum Gasteiger partial charge on any atom is -0.444 e. The van der Waals surface area contributed by atoms with Crippen molar-refractivity contribution in [3.05, 3.63) is 57.9 Å². The number of ether oxygens (including phenoxy) is 1. The number of nitrogens with zero attached hydrogens (tertiary/aromatic N) is 3. The zero-order valence-electron chi connectivity index (χ0n) is 18.9. The van der Waals surface area contributed by atoms with E-state index < -0.39 is 17.5 Å². The standard InChI is InChI=1S/C24H27ClF3N3O2/c1-23(2,3)33-22(32)31-9-4-5-20(31)18-12-16(25)11-15-7-10-30(14-19(15)18)17-6-8-29-21(13-17)24(26,27)28/h6,8,11-13,20H,4-5,7,9-10,14H2,1-3H3/t20-/m0/s1. The van der Waals surface area contributed by atoms with Gasteiger partial charge in [0.05, 0.1) is 6.04 Å². The molecule has 9 heteroatoms. The highest BCUT2D eigenvalue weighted by molar-refractivity contribution is 6.30. The normalized spacial score (nSPS) is 18.9. The maximum atomic E-state index is 13.2. The molecule has 2 aliphatic heterocycles. The van der Waals surface area contributed by atoms with Gasteiger partial charge in [0.2, 0.25) is 0 Å². The first-order chi connectivity index (χ1) is 15.4. The van der Waals surface area contributed by atoms with E-state index in [1.807, 2.05) is 37.8 Å². The molecule has 5 nitrogen and oxygen atoms in total. The number of pyridine rings is 1. The second-order valence-corrected chi connectivity index (χ2v) is 9.97. The number of likely N-dealkylation sites (tertiary alicyclic amines) is 1. The maximum Gasteiger partial charge on any atom is 0.433 e. The molecule has 0 unspecified atom stereocenters. The van der Waals surface area contributed by atoms with Crippen LogP contribution in [0, 0.1) is 0 Å². The number of fused-ring (bicyclic) bond motifs is 1. The van der Waals surface area contributed by atoms with Gasteiger partial charge in [-0.2, -0.15) is 13.2 Å². The Kier molecular flexibility index (Phi) is 6.24. The zero-order valence-corrected chi connectivity index (χ0v) is 19.6. The lowest BCUT2D eigenvalue weighted by atomic mass is 9.90. The number of anilines is 1. The molecule has 1 saturated heterocycles. The number of carbonyl (C=O) groups excluding carboxylic acids is 1. The maximum absolute atomic E-state index is 13.2. The summed E-state index contributed by atoms with van der Waals surface area (Å²) in [6.07, 6.45) is -1.41. The van der Waals surface area contributed by atoms with Crippen LogP contribution in [0.1, 0.15) is 62.0 Å². The fourth-order valence-corrected chi connectivity index (χ4v) is 4.82. The van der Waals surface area contributed by atoms with Crippen LogP contribution in [0.4, 0.5) is 23.7 Å². The van der Waals surface area contributed by atoms with E-state index >= 15 is 0 Å². The van der Waals surface area contributed by atoms with Crippen molar-refractivity contribution < 1.29 is 22.7 Å². The molecule has 1 aromatic carbocycles. The van der Waals surface area contributed by atoms with Gasteiger partial charge in [-0.15, -0.1) is 0 Å². The number of hydrogen-bond acceptors (Lipinski definition) is 4. The molecule has 3 heterocycles. The summed E-state index contributed by atoms with van der Waals surface area (Å²) in [5, 5.41) is 0.594. The summed E-state index contributed by atoms with van der Waals surface area (Å²) < 4.78 is 45.1. The van der Waals surface area contributed by atoms with Gasteiger partial charge < -0.3 is 14.5 Å². The average Bonchev–Trinajstić information content (AvgIpc) is 3.21. The summed E-state index contributed by atoms with van der Waals surface area (Å²) in [7, 11) is 0. The molecule has 1 fully saturated rings. The number of aromatic nitrogens is 1. The van der Waals surface area contributed by atoms with Crippen molar-refractivity contribution in [1.82, 2.24) is 9.88 Å². The topological polar surface area (TPSA) is 45.7 Å². The second-order valence-electron chi connectivity index (χ2n) is 9.53. The van der Waals surface area contributed by atoms with Crippen LogP contribution in [0.5, 0.6) is 0 Å². The van der Waals surface area contributed by atoms with E-state index in [0.717, 1.165) is 35.6 Å². The molecule has 0 N–H and O–H groups in total. The van der Waals surface area contributed by atoms with Crippen molar-refractivity contribution in [2.75, 3.05) is 18.0 Å². The highest BCUT2D eigenvalue weighted by Gasteiger charge is 2.36. The molecule has 4 rings (SSSR count). The fourth-order valence-electron chi connectivity index (χ4n) is 4.58. The van der Waals surface area contributed by atoms with E-state index in [4.69, 9.17) is 16.3 Å². The Morgan fingerprint density at radius 3 is 2.64 bits per heavy atom. The van der Waals surface area contributed by atoms with Crippen molar-refractivity contribution in [2.45, 2.75) is 64.4 Å². The number of amides is 1. The van der Waals surface area contributed by atoms with Gasteiger partial charge in [-0.05, 0) is 81.0 Å². The molecule has 1 atom stereocenters. The molecule has 0 saturated carbocycles. The second kappa shape index (κ2) is 8.70. The van der Waals surface area contributed by atoms with E-state index in [1.54, 1.807) is 11.0 Å². The first kappa shape index (κ1) is 23.7. The van der Waals surface area contributed by atoms with Gasteiger partial charge in [0, 0.05) is 36.5 Å². The van der Waals surface area contributed by atoms with E-state index in [0.29, 0.717) is 36.8 Å². The van der Waals surface area contributed by atoms with Crippen molar-refractivity contribution in [3.63, 3.8) is 0 Å². The monoisotopic (exact) mass is 481 g/mol. The zero-order chi connectivity index (χ0) is 24.0. The molecule has 33 heavy (non-hydrogen) atoms. The Bertz CT molecular complexity index is 1050. The molecule has 0 bridgehead atoms. The average molecular weight is 482 g/mol. The Balaban J connectivity index is 1.66. The lowest BCUT2D eigenvalue weighted by molar-refractivity contribution is -0.141. The summed E-state index contributed by atoms with van der Waals surface area (Å²) in [5.74, 6) is 0. The van der Waals surface area contributed by atoms with Crippen LogP contribution in [0.3, 0.4) is 0 Å². The molecule has 2 aliphatic rings. The predicted octanol–water partition coefficient (Wildman–Crippen LogP) is 6.39. The van der Waals surface area contributed by atoms with Gasteiger partial charge in [0.15, 0.2) is 0 Å². The molecule has 2 aromatic rings. The SMILES string of the molecule is CC(C)(C)OC(=O)N1CCC[C@H]1c1cc(Cl)cc2c1CN(c1ccnc(C(F)(F)F)c1)CC2. The van der Waals surface area contributed by atoms with Crippen molar-refractivity contribution in [3.8, 4) is 0 Å². The summed E-state index contributed by atoms with van der Waals surface area (Å²) in [5.41, 5.74) is 1.97. The molecule has 1 amide bonds. The lowest BCUT2D eigenvalue weighted by Crippen LogP contribution is -2.37. The van der Waals surface area contributed by atoms with Gasteiger partial charge in [-0.3, -0.25) is 4.98 Å². The summed E-state index contributed by atoms with van der Waals surface area (Å²) >= 11 is 6.44. The molecule has 0 radical (unpaired) electrons. The summed E-state index contributed by atoms with van der Waals surface area (Å²) in [6.45, 7) is 7.08. The summed E-state index contributed by atoms with van der Waals surface area (Å²) in [6, 6.07) is 6.29. The molecular formula is C24H27ClF3N3O2. The van der Waals surface area contributed by atoms with Crippen LogP contribution < -0.4 is 4.90 Å². The van der Waals surface area contributed by atoms with Gasteiger partial charge in [0.1, 0.15) is 11.3 Å². The number of rotatable bonds is 2. The smallest absolute Gasteiger partial charge is 0.433 e. The van der Waals surface area contributed by atoms with Crippen LogP contribution >= 0.6 is 11.6 Å². The molecule has 0 spiro atoms. The fraction of sp³-hybridized carbons (Fsp3) is 0.500. The Hall–Kier alpha value is -2.48. The summed E-state index contributed by atoms with van der Waals surface area (Å²) in [4.78, 5) is 20.0. The van der Waals surface area contributed by atoms with Crippen LogP contribution in [0.15, 0.2) is 30.5 Å². The Morgan fingerprint density at radius 2 is 1.94 bits per heavy atom. The largest absolute Gasteiger partial charge is 0.444 e. The third-order valence-electron chi connectivity index (χ3n) is 5.98. The van der Waals surface area contributed by atoms with Gasteiger partial charge in [0.25, 0.3) is 0 Å². The van der Waals surface area contributed by atoms with Crippen molar-refractivity contribution in [2.24, 2.45) is 0 Å². The van der Waals surface area contributed by atoms with Crippen LogP contribution in [-0.4, -0.2) is 34.7 Å². The lowest BCUT2D eigenvalue weighted by Gasteiger charge is -2.35.